The maximum atomic E-state index is 13.2. The Bertz CT molecular complexity index is 1250. The van der Waals surface area contributed by atoms with Crippen molar-refractivity contribution in [3.8, 4) is 0 Å². The summed E-state index contributed by atoms with van der Waals surface area (Å²) in [5.41, 5.74) is 2.30. The van der Waals surface area contributed by atoms with Crippen LogP contribution in [-0.2, 0) is 0 Å². The average molecular weight is 398 g/mol. The van der Waals surface area contributed by atoms with E-state index in [2.05, 4.69) is 6.07 Å². The third-order valence-electron chi connectivity index (χ3n) is 5.90. The van der Waals surface area contributed by atoms with Crippen LogP contribution in [0.25, 0.3) is 21.7 Å². The van der Waals surface area contributed by atoms with Crippen molar-refractivity contribution in [2.45, 2.75) is 6.92 Å². The number of benzene rings is 3. The Morgan fingerprint density at radius 2 is 1.37 bits per heavy atom. The van der Waals surface area contributed by atoms with Crippen molar-refractivity contribution in [3.63, 3.8) is 0 Å². The van der Waals surface area contributed by atoms with Crippen LogP contribution in [0.2, 0.25) is 0 Å². The maximum Gasteiger partial charge on any atom is 0.290 e. The predicted octanol–water partition coefficient (Wildman–Crippen LogP) is 4.49. The Hall–Kier alpha value is -3.60. The highest BCUT2D eigenvalue weighted by molar-refractivity contribution is 6.09. The lowest BCUT2D eigenvalue weighted by molar-refractivity contribution is 0.0519. The van der Waals surface area contributed by atoms with Crippen LogP contribution < -0.4 is 0 Å². The summed E-state index contributed by atoms with van der Waals surface area (Å²) in [6.07, 6.45) is 0. The smallest absolute Gasteiger partial charge is 0.290 e. The predicted molar refractivity (Wildman–Crippen MR) is 117 cm³/mol. The number of carbonyl (C=O) groups is 2. The van der Waals surface area contributed by atoms with Gasteiger partial charge in [-0.25, -0.2) is 0 Å². The van der Waals surface area contributed by atoms with Crippen LogP contribution in [0.5, 0.6) is 0 Å². The first-order valence-electron chi connectivity index (χ1n) is 10.2. The largest absolute Gasteiger partial charge is 0.450 e. The van der Waals surface area contributed by atoms with E-state index >= 15 is 0 Å². The number of carbonyl (C=O) groups excluding carboxylic acids is 2. The lowest BCUT2D eigenvalue weighted by Crippen LogP contribution is -2.50. The molecular formula is C25H22N2O3. The van der Waals surface area contributed by atoms with E-state index in [1.807, 2.05) is 67.6 Å². The second kappa shape index (κ2) is 7.34. The number of amides is 2. The Kier molecular flexibility index (Phi) is 4.51. The Morgan fingerprint density at radius 1 is 0.733 bits per heavy atom. The number of furan rings is 1. The first kappa shape index (κ1) is 18.4. The Labute approximate surface area is 174 Å². The highest BCUT2D eigenvalue weighted by atomic mass is 16.3. The van der Waals surface area contributed by atoms with Gasteiger partial charge >= 0.3 is 0 Å². The molecule has 4 aromatic rings. The monoisotopic (exact) mass is 398 g/mol. The van der Waals surface area contributed by atoms with Gasteiger partial charge in [0.15, 0.2) is 5.76 Å². The molecule has 0 aliphatic carbocycles. The van der Waals surface area contributed by atoms with Gasteiger partial charge < -0.3 is 14.2 Å². The van der Waals surface area contributed by atoms with Gasteiger partial charge in [-0.1, -0.05) is 54.6 Å². The molecule has 2 amide bonds. The summed E-state index contributed by atoms with van der Waals surface area (Å²) in [6.45, 7) is 3.95. The molecular weight excluding hydrogens is 376 g/mol. The van der Waals surface area contributed by atoms with Gasteiger partial charge in [-0.15, -0.1) is 0 Å². The third kappa shape index (κ3) is 3.03. The standard InChI is InChI=1S/C25H22N2O3/c1-17-20-12-11-18-7-5-6-10-21(18)23(20)30-22(17)25(29)27-15-13-26(14-16-27)24(28)19-8-3-2-4-9-19/h2-12H,13-16H2,1H3. The molecule has 1 fully saturated rings. The van der Waals surface area contributed by atoms with Gasteiger partial charge in [0.1, 0.15) is 5.58 Å². The number of nitrogens with zero attached hydrogens (tertiary/aromatic N) is 2. The molecule has 5 rings (SSSR count). The van der Waals surface area contributed by atoms with Crippen LogP contribution in [0, 0.1) is 6.92 Å². The minimum absolute atomic E-state index is 0.00841. The van der Waals surface area contributed by atoms with E-state index in [0.29, 0.717) is 37.5 Å². The number of fused-ring (bicyclic) bond motifs is 3. The van der Waals surface area contributed by atoms with Gasteiger partial charge in [0.05, 0.1) is 0 Å². The first-order chi connectivity index (χ1) is 14.6. The zero-order chi connectivity index (χ0) is 20.7. The molecule has 0 atom stereocenters. The minimum atomic E-state index is -0.111. The Balaban J connectivity index is 1.37. The lowest BCUT2D eigenvalue weighted by atomic mass is 10.1. The summed E-state index contributed by atoms with van der Waals surface area (Å²) in [5.74, 6) is 0.290. The van der Waals surface area contributed by atoms with Gasteiger partial charge in [-0.3, -0.25) is 9.59 Å². The normalized spacial score (nSPS) is 14.4. The molecule has 0 bridgehead atoms. The molecule has 0 radical (unpaired) electrons. The second-order valence-electron chi connectivity index (χ2n) is 7.67. The molecule has 1 aromatic heterocycles. The fourth-order valence-corrected chi connectivity index (χ4v) is 4.17. The lowest BCUT2D eigenvalue weighted by Gasteiger charge is -2.34. The third-order valence-corrected chi connectivity index (χ3v) is 5.90. The molecule has 1 saturated heterocycles. The van der Waals surface area contributed by atoms with E-state index in [1.165, 1.54) is 0 Å². The second-order valence-corrected chi connectivity index (χ2v) is 7.67. The van der Waals surface area contributed by atoms with E-state index in [0.717, 1.165) is 27.3 Å². The highest BCUT2D eigenvalue weighted by Crippen LogP contribution is 2.32. The molecule has 5 heteroatoms. The molecule has 2 heterocycles. The van der Waals surface area contributed by atoms with Crippen LogP contribution in [0.1, 0.15) is 26.5 Å². The molecule has 30 heavy (non-hydrogen) atoms. The number of hydrogen-bond donors (Lipinski definition) is 0. The van der Waals surface area contributed by atoms with Crippen LogP contribution in [0.4, 0.5) is 0 Å². The van der Waals surface area contributed by atoms with Crippen molar-refractivity contribution in [1.29, 1.82) is 0 Å². The molecule has 0 unspecified atom stereocenters. The zero-order valence-electron chi connectivity index (χ0n) is 16.8. The summed E-state index contributed by atoms with van der Waals surface area (Å²) < 4.78 is 6.10. The molecule has 5 nitrogen and oxygen atoms in total. The average Bonchev–Trinajstić information content (AvgIpc) is 3.15. The van der Waals surface area contributed by atoms with Crippen molar-refractivity contribution >= 4 is 33.6 Å². The summed E-state index contributed by atoms with van der Waals surface area (Å²) in [7, 11) is 0. The SMILES string of the molecule is Cc1c(C(=O)N2CCN(C(=O)c3ccccc3)CC2)oc2c1ccc1ccccc12. The fraction of sp³-hybridized carbons (Fsp3) is 0.200. The summed E-state index contributed by atoms with van der Waals surface area (Å²) in [6, 6.07) is 21.4. The molecule has 150 valence electrons. The number of hydrogen-bond acceptors (Lipinski definition) is 3. The van der Waals surface area contributed by atoms with Crippen molar-refractivity contribution in [1.82, 2.24) is 9.80 Å². The topological polar surface area (TPSA) is 53.8 Å². The van der Waals surface area contributed by atoms with Crippen molar-refractivity contribution in [3.05, 3.63) is 83.6 Å². The van der Waals surface area contributed by atoms with Gasteiger partial charge in [0.25, 0.3) is 11.8 Å². The molecule has 0 N–H and O–H groups in total. The van der Waals surface area contributed by atoms with Gasteiger partial charge in [0, 0.05) is 48.1 Å². The summed E-state index contributed by atoms with van der Waals surface area (Å²) >= 11 is 0. The van der Waals surface area contributed by atoms with E-state index < -0.39 is 0 Å². The molecule has 0 saturated carbocycles. The van der Waals surface area contributed by atoms with Crippen LogP contribution >= 0.6 is 0 Å². The zero-order valence-corrected chi connectivity index (χ0v) is 16.8. The molecule has 3 aromatic carbocycles. The van der Waals surface area contributed by atoms with Crippen LogP contribution in [0.15, 0.2) is 71.1 Å². The van der Waals surface area contributed by atoms with Gasteiger partial charge in [-0.2, -0.15) is 0 Å². The van der Waals surface area contributed by atoms with Crippen molar-refractivity contribution in [2.24, 2.45) is 0 Å². The Morgan fingerprint density at radius 3 is 2.10 bits per heavy atom. The molecule has 1 aliphatic heterocycles. The van der Waals surface area contributed by atoms with E-state index in [4.69, 9.17) is 4.42 Å². The van der Waals surface area contributed by atoms with Crippen LogP contribution in [0.3, 0.4) is 0 Å². The van der Waals surface area contributed by atoms with E-state index in [-0.39, 0.29) is 11.8 Å². The van der Waals surface area contributed by atoms with Gasteiger partial charge in [0.2, 0.25) is 0 Å². The maximum absolute atomic E-state index is 13.2. The number of aryl methyl sites for hydroxylation is 1. The molecule has 1 aliphatic rings. The first-order valence-corrected chi connectivity index (χ1v) is 10.2. The minimum Gasteiger partial charge on any atom is -0.450 e. The van der Waals surface area contributed by atoms with Crippen molar-refractivity contribution in [2.75, 3.05) is 26.2 Å². The number of piperazine rings is 1. The van der Waals surface area contributed by atoms with E-state index in [1.54, 1.807) is 9.80 Å². The summed E-state index contributed by atoms with van der Waals surface area (Å²) in [4.78, 5) is 29.4. The highest BCUT2D eigenvalue weighted by Gasteiger charge is 2.29. The molecule has 0 spiro atoms. The summed E-state index contributed by atoms with van der Waals surface area (Å²) in [5, 5.41) is 3.07. The van der Waals surface area contributed by atoms with Gasteiger partial charge in [-0.05, 0) is 24.4 Å². The van der Waals surface area contributed by atoms with Crippen LogP contribution in [-0.4, -0.2) is 47.8 Å². The fourth-order valence-electron chi connectivity index (χ4n) is 4.17. The van der Waals surface area contributed by atoms with E-state index in [9.17, 15) is 9.59 Å². The van der Waals surface area contributed by atoms with Crippen molar-refractivity contribution < 1.29 is 14.0 Å². The number of rotatable bonds is 2. The quantitative estimate of drug-likeness (QED) is 0.500.